The lowest BCUT2D eigenvalue weighted by molar-refractivity contribution is 0.200. The maximum atomic E-state index is 6.24. The first-order chi connectivity index (χ1) is 9.69. The Kier molecular flexibility index (Phi) is 5.94. The third-order valence-electron chi connectivity index (χ3n) is 3.40. The monoisotopic (exact) mass is 311 g/mol. The van der Waals surface area contributed by atoms with Crippen LogP contribution in [-0.2, 0) is 20.9 Å². The smallest absolute Gasteiger partial charge is 0.264 e. The van der Waals surface area contributed by atoms with Crippen molar-refractivity contribution in [3.63, 3.8) is 0 Å². The van der Waals surface area contributed by atoms with Gasteiger partial charge in [-0.15, -0.1) is 0 Å². The zero-order chi connectivity index (χ0) is 14.4. The second kappa shape index (κ2) is 7.48. The molecule has 1 aromatic carbocycles. The molecule has 0 saturated carbocycles. The van der Waals surface area contributed by atoms with E-state index in [1.54, 1.807) is 7.11 Å². The number of benzene rings is 1. The highest BCUT2D eigenvalue weighted by Crippen LogP contribution is 2.56. The van der Waals surface area contributed by atoms with E-state index in [4.69, 9.17) is 20.9 Å². The van der Waals surface area contributed by atoms with E-state index in [2.05, 4.69) is 16.8 Å². The highest BCUT2D eigenvalue weighted by molar-refractivity contribution is 8.08. The standard InChI is InChI=1S/C15H22NO2PS/c1-3-9-15(14-10-5-4-6-11-14)18-19(20,17-2)16-12-7-8-13-16/h3-6,9-11,15H,7-8,12-13H2,1-2H3/b9-3+. The summed E-state index contributed by atoms with van der Waals surface area (Å²) in [6.45, 7) is 1.56. The van der Waals surface area contributed by atoms with Crippen LogP contribution in [0.1, 0.15) is 31.4 Å². The van der Waals surface area contributed by atoms with Crippen LogP contribution >= 0.6 is 6.64 Å². The van der Waals surface area contributed by atoms with Gasteiger partial charge in [0.1, 0.15) is 6.10 Å². The van der Waals surface area contributed by atoms with Crippen molar-refractivity contribution in [2.75, 3.05) is 20.2 Å². The lowest BCUT2D eigenvalue weighted by atomic mass is 10.1. The van der Waals surface area contributed by atoms with Gasteiger partial charge in [0.15, 0.2) is 0 Å². The zero-order valence-corrected chi connectivity index (χ0v) is 13.8. The summed E-state index contributed by atoms with van der Waals surface area (Å²) in [5, 5.41) is 0. The second-order valence-electron chi connectivity index (χ2n) is 4.77. The maximum absolute atomic E-state index is 6.24. The van der Waals surface area contributed by atoms with Gasteiger partial charge in [-0.2, -0.15) is 0 Å². The van der Waals surface area contributed by atoms with E-state index in [1.165, 1.54) is 12.8 Å². The zero-order valence-electron chi connectivity index (χ0n) is 12.1. The Morgan fingerprint density at radius 1 is 1.25 bits per heavy atom. The van der Waals surface area contributed by atoms with Crippen LogP contribution in [0.25, 0.3) is 0 Å². The van der Waals surface area contributed by atoms with Crippen molar-refractivity contribution in [1.29, 1.82) is 0 Å². The van der Waals surface area contributed by atoms with Crippen LogP contribution in [0.2, 0.25) is 0 Å². The number of allylic oxidation sites excluding steroid dienone is 1. The lowest BCUT2D eigenvalue weighted by Crippen LogP contribution is -2.19. The summed E-state index contributed by atoms with van der Waals surface area (Å²) in [6.07, 6.45) is 6.23. The van der Waals surface area contributed by atoms with Crippen LogP contribution in [0, 0.1) is 0 Å². The topological polar surface area (TPSA) is 21.7 Å². The first-order valence-corrected chi connectivity index (χ1v) is 9.56. The van der Waals surface area contributed by atoms with Gasteiger partial charge in [0.2, 0.25) is 0 Å². The van der Waals surface area contributed by atoms with Crippen molar-refractivity contribution < 1.29 is 9.05 Å². The molecule has 5 heteroatoms. The molecule has 0 radical (unpaired) electrons. The molecule has 0 N–H and O–H groups in total. The summed E-state index contributed by atoms with van der Waals surface area (Å²) in [5.74, 6) is 0. The average molecular weight is 311 g/mol. The Bertz CT molecular complexity index is 486. The average Bonchev–Trinajstić information content (AvgIpc) is 3.02. The molecule has 2 unspecified atom stereocenters. The molecule has 1 heterocycles. The minimum absolute atomic E-state index is 0.146. The van der Waals surface area contributed by atoms with Gasteiger partial charge in [0.05, 0.1) is 0 Å². The fourth-order valence-electron chi connectivity index (χ4n) is 2.34. The summed E-state index contributed by atoms with van der Waals surface area (Å²) in [6, 6.07) is 10.2. The molecule has 2 atom stereocenters. The van der Waals surface area contributed by atoms with Crippen LogP contribution < -0.4 is 0 Å². The molecule has 1 aromatic rings. The number of nitrogens with zero attached hydrogens (tertiary/aromatic N) is 1. The highest BCUT2D eigenvalue weighted by atomic mass is 32.5. The molecule has 0 aromatic heterocycles. The van der Waals surface area contributed by atoms with Crippen molar-refractivity contribution in [3.05, 3.63) is 48.0 Å². The van der Waals surface area contributed by atoms with E-state index in [0.29, 0.717) is 0 Å². The summed E-state index contributed by atoms with van der Waals surface area (Å²) in [4.78, 5) is 0. The van der Waals surface area contributed by atoms with Gasteiger partial charge >= 0.3 is 0 Å². The van der Waals surface area contributed by atoms with E-state index in [1.807, 2.05) is 37.3 Å². The van der Waals surface area contributed by atoms with Crippen molar-refractivity contribution in [2.24, 2.45) is 0 Å². The largest absolute Gasteiger partial charge is 0.321 e. The van der Waals surface area contributed by atoms with E-state index >= 15 is 0 Å². The third-order valence-corrected chi connectivity index (χ3v) is 6.85. The van der Waals surface area contributed by atoms with E-state index in [0.717, 1.165) is 18.7 Å². The van der Waals surface area contributed by atoms with Crippen molar-refractivity contribution >= 4 is 18.4 Å². The Balaban J connectivity index is 2.20. The normalized spacial score (nSPS) is 21.1. The highest BCUT2D eigenvalue weighted by Gasteiger charge is 2.32. The molecule has 0 spiro atoms. The quantitative estimate of drug-likeness (QED) is 0.577. The van der Waals surface area contributed by atoms with Crippen molar-refractivity contribution in [2.45, 2.75) is 25.9 Å². The molecular weight excluding hydrogens is 289 g/mol. The minimum Gasteiger partial charge on any atom is -0.321 e. The van der Waals surface area contributed by atoms with Crippen LogP contribution in [0.15, 0.2) is 42.5 Å². The second-order valence-corrected chi connectivity index (χ2v) is 8.24. The van der Waals surface area contributed by atoms with E-state index < -0.39 is 6.64 Å². The molecule has 2 rings (SSSR count). The molecule has 110 valence electrons. The predicted molar refractivity (Wildman–Crippen MR) is 87.2 cm³/mol. The molecule has 0 aliphatic carbocycles. The van der Waals surface area contributed by atoms with Gasteiger partial charge in [0.25, 0.3) is 6.64 Å². The fraction of sp³-hybridized carbons (Fsp3) is 0.467. The summed E-state index contributed by atoms with van der Waals surface area (Å²) < 4.78 is 14.1. The van der Waals surface area contributed by atoms with Crippen LogP contribution in [0.5, 0.6) is 0 Å². The minimum atomic E-state index is -2.38. The molecule has 1 aliphatic heterocycles. The predicted octanol–water partition coefficient (Wildman–Crippen LogP) is 4.29. The van der Waals surface area contributed by atoms with Gasteiger partial charge in [-0.3, -0.25) is 0 Å². The summed E-state index contributed by atoms with van der Waals surface area (Å²) in [7, 11) is 1.66. The first kappa shape index (κ1) is 15.9. The Hall–Kier alpha value is -0.510. The Morgan fingerprint density at radius 3 is 2.45 bits per heavy atom. The molecule has 0 bridgehead atoms. The number of hydrogen-bond donors (Lipinski definition) is 0. The molecule has 1 aliphatic rings. The molecule has 1 saturated heterocycles. The van der Waals surface area contributed by atoms with Crippen LogP contribution in [0.3, 0.4) is 0 Å². The van der Waals surface area contributed by atoms with Crippen LogP contribution in [-0.4, -0.2) is 24.9 Å². The van der Waals surface area contributed by atoms with Gasteiger partial charge in [-0.1, -0.05) is 42.5 Å². The molecule has 1 fully saturated rings. The number of hydrogen-bond acceptors (Lipinski definition) is 3. The van der Waals surface area contributed by atoms with Crippen molar-refractivity contribution in [3.8, 4) is 0 Å². The van der Waals surface area contributed by atoms with Gasteiger partial charge in [-0.05, 0) is 37.1 Å². The summed E-state index contributed by atoms with van der Waals surface area (Å²) in [5.41, 5.74) is 1.11. The van der Waals surface area contributed by atoms with E-state index in [9.17, 15) is 0 Å². The Morgan fingerprint density at radius 2 is 1.90 bits per heavy atom. The van der Waals surface area contributed by atoms with Crippen molar-refractivity contribution in [1.82, 2.24) is 4.67 Å². The fourth-order valence-corrected chi connectivity index (χ4v) is 4.81. The Labute approximate surface area is 126 Å². The first-order valence-electron chi connectivity index (χ1n) is 6.97. The number of rotatable bonds is 6. The lowest BCUT2D eigenvalue weighted by Gasteiger charge is -2.31. The van der Waals surface area contributed by atoms with E-state index in [-0.39, 0.29) is 6.10 Å². The molecule has 0 amide bonds. The summed E-state index contributed by atoms with van der Waals surface area (Å²) >= 11 is 5.71. The molecule has 20 heavy (non-hydrogen) atoms. The molecular formula is C15H22NO2PS. The molecule has 3 nitrogen and oxygen atoms in total. The third kappa shape index (κ3) is 3.78. The van der Waals surface area contributed by atoms with Gasteiger partial charge in [0, 0.05) is 20.2 Å². The van der Waals surface area contributed by atoms with Gasteiger partial charge in [-0.25, -0.2) is 4.67 Å². The van der Waals surface area contributed by atoms with Crippen LogP contribution in [0.4, 0.5) is 0 Å². The maximum Gasteiger partial charge on any atom is 0.264 e. The van der Waals surface area contributed by atoms with Gasteiger partial charge < -0.3 is 9.05 Å². The SMILES string of the molecule is C/C=C/C(OP(=S)(OC)N1CCCC1)c1ccccc1.